The maximum atomic E-state index is 12.6. The summed E-state index contributed by atoms with van der Waals surface area (Å²) in [4.78, 5) is 42.1. The topological polar surface area (TPSA) is 83.3 Å². The van der Waals surface area contributed by atoms with Crippen molar-refractivity contribution in [3.05, 3.63) is 22.8 Å². The third kappa shape index (κ3) is 3.89. The van der Waals surface area contributed by atoms with Gasteiger partial charge in [-0.25, -0.2) is 0 Å². The molecule has 3 fully saturated rings. The molecule has 0 radical (unpaired) electrons. The van der Waals surface area contributed by atoms with Gasteiger partial charge in [0, 0.05) is 38.3 Å². The summed E-state index contributed by atoms with van der Waals surface area (Å²) in [6, 6.07) is 3.62. The van der Waals surface area contributed by atoms with Crippen LogP contribution in [0.25, 0.3) is 6.08 Å². The van der Waals surface area contributed by atoms with Crippen LogP contribution in [0.1, 0.15) is 18.6 Å². The highest BCUT2D eigenvalue weighted by Crippen LogP contribution is 2.33. The first kappa shape index (κ1) is 18.1. The summed E-state index contributed by atoms with van der Waals surface area (Å²) >= 11 is 0.840. The van der Waals surface area contributed by atoms with Crippen molar-refractivity contribution in [3.63, 3.8) is 0 Å². The SMILES string of the molecule is O=C(CN1C(=O)S/C(=C/c2ccc(N3CCOCC3)o2)C1=O)N1CCCC1. The summed E-state index contributed by atoms with van der Waals surface area (Å²) in [7, 11) is 0. The molecule has 8 nitrogen and oxygen atoms in total. The van der Waals surface area contributed by atoms with Crippen molar-refractivity contribution in [2.75, 3.05) is 50.8 Å². The lowest BCUT2D eigenvalue weighted by atomic mass is 10.3. The van der Waals surface area contributed by atoms with Crippen molar-refractivity contribution < 1.29 is 23.5 Å². The van der Waals surface area contributed by atoms with E-state index in [2.05, 4.69) is 4.90 Å². The van der Waals surface area contributed by atoms with Crippen molar-refractivity contribution in [1.29, 1.82) is 0 Å². The quantitative estimate of drug-likeness (QED) is 0.724. The molecular weight excluding hydrogens is 370 g/mol. The second-order valence-corrected chi connectivity index (χ2v) is 7.62. The van der Waals surface area contributed by atoms with Gasteiger partial charge in [0.1, 0.15) is 12.3 Å². The number of rotatable bonds is 4. The number of ether oxygens (including phenoxy) is 1. The molecule has 3 amide bonds. The minimum Gasteiger partial charge on any atom is -0.441 e. The number of likely N-dealkylation sites (tertiary alicyclic amines) is 1. The van der Waals surface area contributed by atoms with Crippen molar-refractivity contribution >= 4 is 40.8 Å². The Morgan fingerprint density at radius 3 is 2.59 bits per heavy atom. The number of carbonyl (C=O) groups is 3. The second kappa shape index (κ2) is 7.77. The first-order chi connectivity index (χ1) is 13.1. The fraction of sp³-hybridized carbons (Fsp3) is 0.500. The van der Waals surface area contributed by atoms with Gasteiger partial charge < -0.3 is 19.0 Å². The number of hydrogen-bond donors (Lipinski definition) is 0. The Labute approximate surface area is 161 Å². The normalized spacial score (nSPS) is 22.4. The summed E-state index contributed by atoms with van der Waals surface area (Å²) in [5.41, 5.74) is 0. The van der Waals surface area contributed by atoms with E-state index in [4.69, 9.17) is 9.15 Å². The van der Waals surface area contributed by atoms with Crippen LogP contribution < -0.4 is 4.90 Å². The van der Waals surface area contributed by atoms with Gasteiger partial charge in [-0.15, -0.1) is 0 Å². The Bertz CT molecular complexity index is 778. The Balaban J connectivity index is 1.43. The molecule has 3 aliphatic rings. The van der Waals surface area contributed by atoms with Crippen molar-refractivity contribution in [1.82, 2.24) is 9.80 Å². The van der Waals surface area contributed by atoms with Crippen LogP contribution in [0, 0.1) is 0 Å². The Kier molecular flexibility index (Phi) is 5.22. The minimum absolute atomic E-state index is 0.177. The number of furan rings is 1. The monoisotopic (exact) mass is 391 g/mol. The molecule has 0 N–H and O–H groups in total. The number of hydrogen-bond acceptors (Lipinski definition) is 7. The van der Waals surface area contributed by atoms with E-state index in [0.29, 0.717) is 37.9 Å². The summed E-state index contributed by atoms with van der Waals surface area (Å²) in [6.45, 7) is 4.01. The lowest BCUT2D eigenvalue weighted by molar-refractivity contribution is -0.135. The van der Waals surface area contributed by atoms with Crippen LogP contribution in [0.2, 0.25) is 0 Å². The van der Waals surface area contributed by atoms with Crippen LogP contribution >= 0.6 is 11.8 Å². The molecule has 4 heterocycles. The molecule has 0 aliphatic carbocycles. The van der Waals surface area contributed by atoms with Crippen LogP contribution in [0.3, 0.4) is 0 Å². The summed E-state index contributed by atoms with van der Waals surface area (Å²) in [5, 5.41) is -0.418. The Morgan fingerprint density at radius 1 is 1.11 bits per heavy atom. The number of carbonyl (C=O) groups excluding carboxylic acids is 3. The van der Waals surface area contributed by atoms with E-state index in [1.54, 1.807) is 17.0 Å². The summed E-state index contributed by atoms with van der Waals surface area (Å²) < 4.78 is 11.1. The Morgan fingerprint density at radius 2 is 1.85 bits per heavy atom. The van der Waals surface area contributed by atoms with Gasteiger partial charge >= 0.3 is 0 Å². The fourth-order valence-corrected chi connectivity index (χ4v) is 4.16. The van der Waals surface area contributed by atoms with E-state index in [0.717, 1.165) is 42.6 Å². The molecule has 0 spiro atoms. The molecule has 0 unspecified atom stereocenters. The number of thioether (sulfide) groups is 1. The van der Waals surface area contributed by atoms with Gasteiger partial charge in [-0.2, -0.15) is 0 Å². The van der Waals surface area contributed by atoms with E-state index in [1.807, 2.05) is 6.07 Å². The number of anilines is 1. The third-order valence-electron chi connectivity index (χ3n) is 4.83. The third-order valence-corrected chi connectivity index (χ3v) is 5.74. The zero-order valence-electron chi connectivity index (χ0n) is 14.9. The molecule has 27 heavy (non-hydrogen) atoms. The number of imide groups is 1. The van der Waals surface area contributed by atoms with E-state index < -0.39 is 11.1 Å². The largest absolute Gasteiger partial charge is 0.441 e. The van der Waals surface area contributed by atoms with Gasteiger partial charge in [0.25, 0.3) is 11.1 Å². The molecular formula is C18H21N3O5S. The predicted octanol–water partition coefficient (Wildman–Crippen LogP) is 1.77. The zero-order chi connectivity index (χ0) is 18.8. The molecule has 0 bridgehead atoms. The summed E-state index contributed by atoms with van der Waals surface area (Å²) in [5.74, 6) is 0.603. The van der Waals surface area contributed by atoms with E-state index in [9.17, 15) is 14.4 Å². The molecule has 0 aromatic carbocycles. The van der Waals surface area contributed by atoms with Crippen LogP contribution in [-0.2, 0) is 14.3 Å². The average molecular weight is 391 g/mol. The van der Waals surface area contributed by atoms with Gasteiger partial charge in [-0.3, -0.25) is 19.3 Å². The number of morpholine rings is 1. The van der Waals surface area contributed by atoms with E-state index in [1.165, 1.54) is 0 Å². The Hall–Kier alpha value is -2.26. The van der Waals surface area contributed by atoms with Gasteiger partial charge in [0.05, 0.1) is 18.1 Å². The smallest absolute Gasteiger partial charge is 0.294 e. The molecule has 144 valence electrons. The highest BCUT2D eigenvalue weighted by atomic mass is 32.2. The highest BCUT2D eigenvalue weighted by Gasteiger charge is 2.37. The van der Waals surface area contributed by atoms with Crippen molar-refractivity contribution in [2.45, 2.75) is 12.8 Å². The molecule has 4 rings (SSSR count). The maximum Gasteiger partial charge on any atom is 0.294 e. The summed E-state index contributed by atoms with van der Waals surface area (Å²) in [6.07, 6.45) is 3.50. The van der Waals surface area contributed by atoms with E-state index >= 15 is 0 Å². The van der Waals surface area contributed by atoms with Crippen LogP contribution in [0.4, 0.5) is 10.7 Å². The van der Waals surface area contributed by atoms with Crippen LogP contribution in [0.5, 0.6) is 0 Å². The molecule has 0 atom stereocenters. The van der Waals surface area contributed by atoms with Crippen LogP contribution in [-0.4, -0.2) is 72.8 Å². The molecule has 3 saturated heterocycles. The first-order valence-corrected chi connectivity index (χ1v) is 9.89. The standard InChI is InChI=1S/C18H21N3O5S/c22-15(19-5-1-2-6-19)12-21-17(23)14(27-18(21)24)11-13-3-4-16(26-13)20-7-9-25-10-8-20/h3-4,11H,1-2,5-10,12H2/b14-11+. The lowest BCUT2D eigenvalue weighted by Gasteiger charge is -2.26. The molecule has 1 aromatic rings. The lowest BCUT2D eigenvalue weighted by Crippen LogP contribution is -2.40. The molecule has 9 heteroatoms. The molecule has 1 aromatic heterocycles. The van der Waals surface area contributed by atoms with E-state index in [-0.39, 0.29) is 17.4 Å². The molecule has 3 aliphatic heterocycles. The van der Waals surface area contributed by atoms with Crippen molar-refractivity contribution in [3.8, 4) is 0 Å². The first-order valence-electron chi connectivity index (χ1n) is 9.07. The minimum atomic E-state index is -0.443. The van der Waals surface area contributed by atoms with Crippen molar-refractivity contribution in [2.24, 2.45) is 0 Å². The average Bonchev–Trinajstić information content (AvgIpc) is 3.41. The van der Waals surface area contributed by atoms with Crippen LogP contribution in [0.15, 0.2) is 21.5 Å². The van der Waals surface area contributed by atoms with Gasteiger partial charge in [-0.05, 0) is 30.7 Å². The highest BCUT2D eigenvalue weighted by molar-refractivity contribution is 8.18. The molecule has 0 saturated carbocycles. The second-order valence-electron chi connectivity index (χ2n) is 6.63. The maximum absolute atomic E-state index is 12.6. The van der Waals surface area contributed by atoms with Gasteiger partial charge in [0.15, 0.2) is 5.88 Å². The fourth-order valence-electron chi connectivity index (χ4n) is 3.34. The van der Waals surface area contributed by atoms with Gasteiger partial charge in [0.2, 0.25) is 5.91 Å². The predicted molar refractivity (Wildman–Crippen MR) is 100 cm³/mol. The number of amides is 3. The number of nitrogens with zero attached hydrogens (tertiary/aromatic N) is 3. The van der Waals surface area contributed by atoms with Gasteiger partial charge in [-0.1, -0.05) is 0 Å². The zero-order valence-corrected chi connectivity index (χ0v) is 15.7.